The quantitative estimate of drug-likeness (QED) is 0.647. The Labute approximate surface area is 130 Å². The Balaban J connectivity index is 1.79. The molecule has 0 saturated carbocycles. The first kappa shape index (κ1) is 13.2. The number of halogens is 2. The number of aryl methyl sites for hydroxylation is 2. The lowest BCUT2D eigenvalue weighted by Crippen LogP contribution is -1.99. The predicted molar refractivity (Wildman–Crippen MR) is 83.7 cm³/mol. The maximum absolute atomic E-state index is 13.7. The summed E-state index contributed by atoms with van der Waals surface area (Å²) in [6.45, 7) is 0. The molecule has 0 radical (unpaired) electrons. The van der Waals surface area contributed by atoms with E-state index in [2.05, 4.69) is 9.97 Å². The maximum Gasteiger partial charge on any atom is 0.141 e. The van der Waals surface area contributed by atoms with Crippen LogP contribution in [0.2, 0.25) is 5.15 Å². The van der Waals surface area contributed by atoms with Crippen molar-refractivity contribution in [2.75, 3.05) is 0 Å². The summed E-state index contributed by atoms with van der Waals surface area (Å²) in [7, 11) is 0. The molecule has 2 aromatic heterocycles. The van der Waals surface area contributed by atoms with Crippen molar-refractivity contribution in [1.82, 2.24) is 9.97 Å². The fraction of sp³-hybridized carbons (Fsp3) is 0.250. The van der Waals surface area contributed by atoms with Crippen molar-refractivity contribution in [2.45, 2.75) is 25.7 Å². The van der Waals surface area contributed by atoms with Gasteiger partial charge in [-0.05, 0) is 36.5 Å². The van der Waals surface area contributed by atoms with Crippen LogP contribution in [0.5, 0.6) is 0 Å². The third-order valence-corrected chi connectivity index (χ3v) is 5.33. The molecule has 1 aliphatic carbocycles. The van der Waals surface area contributed by atoms with Crippen molar-refractivity contribution >= 4 is 33.2 Å². The highest BCUT2D eigenvalue weighted by molar-refractivity contribution is 7.19. The van der Waals surface area contributed by atoms with Crippen LogP contribution in [0.1, 0.15) is 28.2 Å². The van der Waals surface area contributed by atoms with Crippen molar-refractivity contribution in [3.05, 3.63) is 57.1 Å². The molecule has 106 valence electrons. The molecule has 0 amide bonds. The lowest BCUT2D eigenvalue weighted by Gasteiger charge is -2.04. The normalized spacial score (nSPS) is 13.8. The summed E-state index contributed by atoms with van der Waals surface area (Å²) in [5, 5.41) is 1.51. The molecule has 1 aliphatic rings. The van der Waals surface area contributed by atoms with E-state index in [-0.39, 0.29) is 5.82 Å². The first-order valence-electron chi connectivity index (χ1n) is 6.92. The van der Waals surface area contributed by atoms with Crippen LogP contribution in [0.15, 0.2) is 24.3 Å². The fourth-order valence-corrected chi connectivity index (χ4v) is 4.52. The molecule has 1 aromatic carbocycles. The smallest absolute Gasteiger partial charge is 0.141 e. The van der Waals surface area contributed by atoms with Gasteiger partial charge in [-0.1, -0.05) is 29.8 Å². The van der Waals surface area contributed by atoms with Gasteiger partial charge in [-0.15, -0.1) is 11.3 Å². The predicted octanol–water partition coefficient (Wildman–Crippen LogP) is 4.56. The van der Waals surface area contributed by atoms with E-state index in [1.54, 1.807) is 23.5 Å². The van der Waals surface area contributed by atoms with Crippen molar-refractivity contribution in [3.63, 3.8) is 0 Å². The average Bonchev–Trinajstić information content (AvgIpc) is 3.01. The SMILES string of the molecule is Fc1ccccc1Cc1nc(Cl)c2c3c(sc2n1)CCC3. The van der Waals surface area contributed by atoms with Gasteiger partial charge in [0, 0.05) is 11.3 Å². The lowest BCUT2D eigenvalue weighted by atomic mass is 10.1. The number of aromatic nitrogens is 2. The molecular weight excluding hydrogens is 307 g/mol. The number of benzene rings is 1. The first-order valence-corrected chi connectivity index (χ1v) is 8.12. The van der Waals surface area contributed by atoms with Gasteiger partial charge in [-0.3, -0.25) is 0 Å². The molecule has 0 bridgehead atoms. The summed E-state index contributed by atoms with van der Waals surface area (Å²) in [6.07, 6.45) is 3.72. The number of thiophene rings is 1. The molecule has 2 heterocycles. The fourth-order valence-electron chi connectivity index (χ4n) is 2.88. The Bertz CT molecular complexity index is 844. The first-order chi connectivity index (χ1) is 10.2. The minimum absolute atomic E-state index is 0.231. The Morgan fingerprint density at radius 1 is 1.19 bits per heavy atom. The molecule has 21 heavy (non-hydrogen) atoms. The van der Waals surface area contributed by atoms with Crippen LogP contribution in [0.3, 0.4) is 0 Å². The van der Waals surface area contributed by atoms with E-state index in [0.29, 0.717) is 23.0 Å². The summed E-state index contributed by atoms with van der Waals surface area (Å²) in [5.41, 5.74) is 1.91. The number of hydrogen-bond donors (Lipinski definition) is 0. The van der Waals surface area contributed by atoms with Gasteiger partial charge < -0.3 is 0 Å². The highest BCUT2D eigenvalue weighted by Gasteiger charge is 2.21. The molecule has 2 nitrogen and oxygen atoms in total. The zero-order valence-corrected chi connectivity index (χ0v) is 12.8. The van der Waals surface area contributed by atoms with Gasteiger partial charge in [0.2, 0.25) is 0 Å². The second-order valence-electron chi connectivity index (χ2n) is 5.24. The highest BCUT2D eigenvalue weighted by Crippen LogP contribution is 2.39. The summed E-state index contributed by atoms with van der Waals surface area (Å²) in [6, 6.07) is 6.71. The van der Waals surface area contributed by atoms with Gasteiger partial charge in [-0.2, -0.15) is 0 Å². The van der Waals surface area contributed by atoms with Gasteiger partial charge in [0.1, 0.15) is 21.6 Å². The van der Waals surface area contributed by atoms with E-state index in [4.69, 9.17) is 11.6 Å². The Hall–Kier alpha value is -1.52. The van der Waals surface area contributed by atoms with Crippen LogP contribution >= 0.6 is 22.9 Å². The zero-order valence-electron chi connectivity index (χ0n) is 11.2. The minimum atomic E-state index is -0.231. The maximum atomic E-state index is 13.7. The number of fused-ring (bicyclic) bond motifs is 3. The molecule has 5 heteroatoms. The number of hydrogen-bond acceptors (Lipinski definition) is 3. The molecule has 0 fully saturated rings. The lowest BCUT2D eigenvalue weighted by molar-refractivity contribution is 0.612. The second kappa shape index (κ2) is 5.04. The van der Waals surface area contributed by atoms with Gasteiger partial charge in [0.25, 0.3) is 0 Å². The summed E-state index contributed by atoms with van der Waals surface area (Å²) in [4.78, 5) is 11.3. The molecule has 0 N–H and O–H groups in total. The third-order valence-electron chi connectivity index (χ3n) is 3.87. The van der Waals surface area contributed by atoms with Gasteiger partial charge in [-0.25, -0.2) is 14.4 Å². The molecular formula is C16H12ClFN2S. The van der Waals surface area contributed by atoms with E-state index in [9.17, 15) is 4.39 Å². The van der Waals surface area contributed by atoms with E-state index in [0.717, 1.165) is 23.1 Å². The number of rotatable bonds is 2. The largest absolute Gasteiger partial charge is 0.222 e. The minimum Gasteiger partial charge on any atom is -0.222 e. The summed E-state index contributed by atoms with van der Waals surface area (Å²) < 4.78 is 13.7. The molecule has 3 aromatic rings. The molecule has 0 aliphatic heterocycles. The Morgan fingerprint density at radius 2 is 2.05 bits per heavy atom. The van der Waals surface area contributed by atoms with Crippen LogP contribution in [0, 0.1) is 5.82 Å². The molecule has 0 saturated heterocycles. The third kappa shape index (κ3) is 2.23. The number of nitrogens with zero attached hydrogens (tertiary/aromatic N) is 2. The molecule has 0 spiro atoms. The Morgan fingerprint density at radius 3 is 2.90 bits per heavy atom. The average molecular weight is 319 g/mol. The molecule has 4 rings (SSSR count). The van der Waals surface area contributed by atoms with Crippen LogP contribution < -0.4 is 0 Å². The molecule has 0 unspecified atom stereocenters. The zero-order chi connectivity index (χ0) is 14.4. The van der Waals surface area contributed by atoms with Crippen molar-refractivity contribution < 1.29 is 4.39 Å². The van der Waals surface area contributed by atoms with E-state index in [1.807, 2.05) is 6.07 Å². The van der Waals surface area contributed by atoms with Crippen LogP contribution in [-0.4, -0.2) is 9.97 Å². The van der Waals surface area contributed by atoms with Gasteiger partial charge >= 0.3 is 0 Å². The monoisotopic (exact) mass is 318 g/mol. The van der Waals surface area contributed by atoms with E-state index >= 15 is 0 Å². The van der Waals surface area contributed by atoms with Crippen molar-refractivity contribution in [1.29, 1.82) is 0 Å². The van der Waals surface area contributed by atoms with E-state index in [1.165, 1.54) is 22.9 Å². The second-order valence-corrected chi connectivity index (χ2v) is 6.68. The van der Waals surface area contributed by atoms with Gasteiger partial charge in [0.05, 0.1) is 5.39 Å². The molecule has 0 atom stereocenters. The van der Waals surface area contributed by atoms with Crippen molar-refractivity contribution in [3.8, 4) is 0 Å². The Kier molecular flexibility index (Phi) is 3.16. The topological polar surface area (TPSA) is 25.8 Å². The standard InChI is InChI=1S/C16H12ClFN2S/c17-15-14-10-5-3-7-12(10)21-16(14)20-13(19-15)8-9-4-1-2-6-11(9)18/h1-2,4,6H,3,5,7-8H2. The summed E-state index contributed by atoms with van der Waals surface area (Å²) in [5.74, 6) is 0.350. The van der Waals surface area contributed by atoms with Crippen LogP contribution in [0.4, 0.5) is 4.39 Å². The van der Waals surface area contributed by atoms with Crippen LogP contribution in [-0.2, 0) is 19.3 Å². The van der Waals surface area contributed by atoms with E-state index < -0.39 is 0 Å². The van der Waals surface area contributed by atoms with Crippen molar-refractivity contribution in [2.24, 2.45) is 0 Å². The summed E-state index contributed by atoms with van der Waals surface area (Å²) >= 11 is 8.06. The van der Waals surface area contributed by atoms with Gasteiger partial charge in [0.15, 0.2) is 0 Å². The highest BCUT2D eigenvalue weighted by atomic mass is 35.5. The van der Waals surface area contributed by atoms with Crippen LogP contribution in [0.25, 0.3) is 10.2 Å².